The van der Waals surface area contributed by atoms with Crippen molar-refractivity contribution in [3.8, 4) is 0 Å². The number of carbonyl (C=O) groups excluding carboxylic acids is 4. The maximum Gasteiger partial charge on any atom is 0.407 e. The number of nitrogens with one attached hydrogen (secondary N) is 7. The molecule has 20 heteroatoms. The van der Waals surface area contributed by atoms with Crippen molar-refractivity contribution in [2.75, 3.05) is 36.8 Å². The first-order valence-corrected chi connectivity index (χ1v) is 16.9. The maximum absolute atomic E-state index is 11.7. The molecule has 0 aliphatic carbocycles. The van der Waals surface area contributed by atoms with Crippen LogP contribution in [0.2, 0.25) is 0 Å². The van der Waals surface area contributed by atoms with Crippen LogP contribution in [0.5, 0.6) is 0 Å². The molecule has 0 saturated carbocycles. The van der Waals surface area contributed by atoms with E-state index in [0.717, 1.165) is 12.8 Å². The molecule has 0 atom stereocenters. The molecule has 0 fully saturated rings. The Balaban J connectivity index is 0.000000421. The van der Waals surface area contributed by atoms with Gasteiger partial charge >= 0.3 is 24.2 Å². The Hall–Kier alpha value is -5.79. The predicted molar refractivity (Wildman–Crippen MR) is 199 cm³/mol. The summed E-state index contributed by atoms with van der Waals surface area (Å²) < 4.78 is 11.4. The molecule has 0 spiro atoms. The number of nitrogens with zero attached hydrogens (tertiary/aromatic N) is 4. The number of urea groups is 1. The van der Waals surface area contributed by atoms with Gasteiger partial charge in [-0.3, -0.25) is 34.8 Å². The van der Waals surface area contributed by atoms with Crippen LogP contribution in [-0.4, -0.2) is 91.1 Å². The summed E-state index contributed by atoms with van der Waals surface area (Å²) in [4.78, 5) is 84.6. The normalized spacial score (nSPS) is 10.7. The average Bonchev–Trinajstić information content (AvgIpc) is 3.55. The van der Waals surface area contributed by atoms with Gasteiger partial charge in [-0.1, -0.05) is 0 Å². The third-order valence-corrected chi connectivity index (χ3v) is 5.79. The summed E-state index contributed by atoms with van der Waals surface area (Å²) in [7, 11) is 0. The number of unbranched alkanes of at least 4 members (excludes halogenated alkanes) is 2. The van der Waals surface area contributed by atoms with Crippen molar-refractivity contribution in [1.29, 1.82) is 0 Å². The minimum atomic E-state index is -0.519. The van der Waals surface area contributed by atoms with E-state index in [-0.39, 0.29) is 29.1 Å². The van der Waals surface area contributed by atoms with Crippen LogP contribution in [0.1, 0.15) is 78.6 Å². The number of nitrogens with two attached hydrogens (primary N) is 1. The summed E-state index contributed by atoms with van der Waals surface area (Å²) in [5.74, 6) is 0.216. The molecule has 3 aromatic rings. The van der Waals surface area contributed by atoms with Gasteiger partial charge in [0.15, 0.2) is 0 Å². The number of hydrogen-bond acceptors (Lipinski definition) is 12. The molecular formula is C33H54N12O8. The van der Waals surface area contributed by atoms with Crippen molar-refractivity contribution in [3.05, 3.63) is 62.9 Å². The lowest BCUT2D eigenvalue weighted by Gasteiger charge is -2.19. The van der Waals surface area contributed by atoms with Crippen molar-refractivity contribution >= 4 is 36.1 Å². The number of rotatable bonds is 11. The number of aryl methyl sites for hydroxylation is 2. The Bertz CT molecular complexity index is 1690. The standard InChI is InChI=1S/C15H25N5O4.C9H9N5O2.C9H20N2O2/c1-10-9-11(21)19-12(18-10)20-13(22)16-7-5-6-8-17-14(23)24-15(2,3)4;1-6-4-7(15)12-8(11-6)13-9(16)14-3-2-10-5-14;1-9(2,3)13-8(12)11-7-5-4-6-10/h9H,5-8H2,1-4H3,(H,17,23)(H3,16,18,19,20,21,22);2-5H,1H3,(H2,11,12,13,15,16);4-7,10H2,1-3H3,(H,11,12). The number of imidazole rings is 1. The number of anilines is 2. The maximum atomic E-state index is 11.7. The Labute approximate surface area is 307 Å². The lowest BCUT2D eigenvalue weighted by molar-refractivity contribution is 0.0515. The highest BCUT2D eigenvalue weighted by Gasteiger charge is 2.16. The van der Waals surface area contributed by atoms with E-state index in [1.165, 1.54) is 35.4 Å². The second kappa shape index (κ2) is 22.9. The van der Waals surface area contributed by atoms with Gasteiger partial charge in [-0.25, -0.2) is 34.1 Å². The van der Waals surface area contributed by atoms with E-state index < -0.39 is 29.4 Å². The van der Waals surface area contributed by atoms with Crippen molar-refractivity contribution in [3.63, 3.8) is 0 Å². The van der Waals surface area contributed by atoms with Gasteiger partial charge in [-0.05, 0) is 87.6 Å². The minimum Gasteiger partial charge on any atom is -0.444 e. The topological polar surface area (TPSA) is 282 Å². The molecule has 20 nitrogen and oxygen atoms in total. The molecule has 3 aromatic heterocycles. The lowest BCUT2D eigenvalue weighted by atomic mass is 10.2. The molecule has 0 bridgehead atoms. The molecule has 3 heterocycles. The molecule has 0 unspecified atom stereocenters. The average molecular weight is 747 g/mol. The zero-order chi connectivity index (χ0) is 40.0. The van der Waals surface area contributed by atoms with Gasteiger partial charge in [-0.15, -0.1) is 0 Å². The number of amides is 5. The SMILES string of the molecule is CC(C)(C)OC(=O)NCCCCN.Cc1cc(=O)[nH]c(NC(=O)NCCCCNC(=O)OC(C)(C)C)n1.Cc1cc(=O)[nH]c(NC(=O)n2ccnc2)n1. The van der Waals surface area contributed by atoms with Crippen molar-refractivity contribution in [2.24, 2.45) is 5.73 Å². The Morgan fingerprint density at radius 1 is 0.736 bits per heavy atom. The van der Waals surface area contributed by atoms with Gasteiger partial charge in [0.25, 0.3) is 11.1 Å². The fraction of sp³-hybridized carbons (Fsp3) is 0.545. The summed E-state index contributed by atoms with van der Waals surface area (Å²) in [6.07, 6.45) is 6.71. The number of carbonyl (C=O) groups is 4. The van der Waals surface area contributed by atoms with E-state index in [1.54, 1.807) is 34.6 Å². The van der Waals surface area contributed by atoms with Crippen molar-refractivity contribution in [1.82, 2.24) is 45.4 Å². The number of aromatic amines is 2. The van der Waals surface area contributed by atoms with Gasteiger partial charge < -0.3 is 31.2 Å². The third-order valence-electron chi connectivity index (χ3n) is 5.79. The molecule has 0 saturated heterocycles. The molecule has 9 N–H and O–H groups in total. The molecule has 0 aliphatic heterocycles. The van der Waals surface area contributed by atoms with Crippen LogP contribution in [-0.2, 0) is 9.47 Å². The van der Waals surface area contributed by atoms with E-state index in [2.05, 4.69) is 51.5 Å². The quantitative estimate of drug-likeness (QED) is 0.131. The van der Waals surface area contributed by atoms with Crippen LogP contribution in [0.25, 0.3) is 0 Å². The highest BCUT2D eigenvalue weighted by molar-refractivity contribution is 5.89. The Kier molecular flexibility index (Phi) is 19.6. The minimum absolute atomic E-state index is 0.101. The summed E-state index contributed by atoms with van der Waals surface area (Å²) in [5, 5.41) is 12.8. The summed E-state index contributed by atoms with van der Waals surface area (Å²) in [6, 6.07) is 1.78. The summed E-state index contributed by atoms with van der Waals surface area (Å²) in [5.41, 5.74) is 4.77. The summed E-state index contributed by atoms with van der Waals surface area (Å²) >= 11 is 0. The van der Waals surface area contributed by atoms with Crippen LogP contribution in [0.3, 0.4) is 0 Å². The largest absolute Gasteiger partial charge is 0.444 e. The first-order valence-electron chi connectivity index (χ1n) is 16.9. The van der Waals surface area contributed by atoms with E-state index in [4.69, 9.17) is 15.2 Å². The molecular weight excluding hydrogens is 692 g/mol. The van der Waals surface area contributed by atoms with Gasteiger partial charge in [0.05, 0.1) is 0 Å². The fourth-order valence-electron chi connectivity index (χ4n) is 3.70. The van der Waals surface area contributed by atoms with E-state index in [0.29, 0.717) is 50.4 Å². The van der Waals surface area contributed by atoms with Crippen LogP contribution < -0.4 is 43.4 Å². The smallest absolute Gasteiger partial charge is 0.407 e. The Morgan fingerprint density at radius 2 is 1.19 bits per heavy atom. The molecule has 0 aliphatic rings. The molecule has 53 heavy (non-hydrogen) atoms. The zero-order valence-corrected chi connectivity index (χ0v) is 31.7. The number of aromatic nitrogens is 6. The number of hydrogen-bond donors (Lipinski definition) is 8. The van der Waals surface area contributed by atoms with Gasteiger partial charge in [0.2, 0.25) is 11.9 Å². The predicted octanol–water partition coefficient (Wildman–Crippen LogP) is 3.11. The number of alkyl carbamates (subject to hydrolysis) is 2. The van der Waals surface area contributed by atoms with E-state index in [1.807, 2.05) is 20.8 Å². The van der Waals surface area contributed by atoms with Crippen LogP contribution >= 0.6 is 0 Å². The second-order valence-electron chi connectivity index (χ2n) is 13.3. The monoisotopic (exact) mass is 746 g/mol. The third kappa shape index (κ3) is 23.3. The van der Waals surface area contributed by atoms with Crippen LogP contribution in [0.15, 0.2) is 40.4 Å². The van der Waals surface area contributed by atoms with Gasteiger partial charge in [-0.2, -0.15) is 0 Å². The molecule has 0 radical (unpaired) electrons. The molecule has 294 valence electrons. The summed E-state index contributed by atoms with van der Waals surface area (Å²) in [6.45, 7) is 16.4. The fourth-order valence-corrected chi connectivity index (χ4v) is 3.70. The number of ether oxygens (including phenoxy) is 2. The second-order valence-corrected chi connectivity index (χ2v) is 13.3. The van der Waals surface area contributed by atoms with E-state index >= 15 is 0 Å². The molecule has 3 rings (SSSR count). The van der Waals surface area contributed by atoms with Crippen LogP contribution in [0, 0.1) is 13.8 Å². The number of H-pyrrole nitrogens is 2. The molecule has 5 amide bonds. The first-order chi connectivity index (χ1) is 24.8. The van der Waals surface area contributed by atoms with Crippen molar-refractivity contribution in [2.45, 2.75) is 92.3 Å². The van der Waals surface area contributed by atoms with Crippen molar-refractivity contribution < 1.29 is 28.7 Å². The highest BCUT2D eigenvalue weighted by atomic mass is 16.6. The lowest BCUT2D eigenvalue weighted by Crippen LogP contribution is -2.34. The van der Waals surface area contributed by atoms with E-state index in [9.17, 15) is 28.8 Å². The molecule has 0 aromatic carbocycles. The Morgan fingerprint density at radius 3 is 1.60 bits per heavy atom. The van der Waals surface area contributed by atoms with Crippen LogP contribution in [0.4, 0.5) is 31.1 Å². The van der Waals surface area contributed by atoms with Gasteiger partial charge in [0.1, 0.15) is 17.5 Å². The van der Waals surface area contributed by atoms with Gasteiger partial charge in [0, 0.05) is 55.5 Å². The first kappa shape index (κ1) is 45.2. The zero-order valence-electron chi connectivity index (χ0n) is 31.7. The highest BCUT2D eigenvalue weighted by Crippen LogP contribution is 2.07.